The summed E-state index contributed by atoms with van der Waals surface area (Å²) in [6, 6.07) is 14.3. The molecule has 4 rings (SSSR count). The van der Waals surface area contributed by atoms with Gasteiger partial charge in [0.1, 0.15) is 10.5 Å². The highest BCUT2D eigenvalue weighted by Crippen LogP contribution is 2.32. The molecule has 0 saturated carbocycles. The molecule has 3 nitrogen and oxygen atoms in total. The third kappa shape index (κ3) is 2.87. The molecule has 0 aliphatic rings. The Morgan fingerprint density at radius 1 is 1.12 bits per heavy atom. The summed E-state index contributed by atoms with van der Waals surface area (Å²) >= 11 is 1.40. The van der Waals surface area contributed by atoms with Gasteiger partial charge in [-0.1, -0.05) is 36.4 Å². The van der Waals surface area contributed by atoms with E-state index in [1.165, 1.54) is 28.0 Å². The maximum absolute atomic E-state index is 13.4. The van der Waals surface area contributed by atoms with Crippen LogP contribution in [0.1, 0.15) is 11.1 Å². The average Bonchev–Trinajstić information content (AvgIpc) is 3.02. The van der Waals surface area contributed by atoms with Gasteiger partial charge in [0, 0.05) is 10.9 Å². The maximum Gasteiger partial charge on any atom is 0.271 e. The van der Waals surface area contributed by atoms with Crippen LogP contribution in [0, 0.1) is 12.7 Å². The minimum absolute atomic E-state index is 0.0981. The van der Waals surface area contributed by atoms with E-state index >= 15 is 0 Å². The van der Waals surface area contributed by atoms with Crippen molar-refractivity contribution in [1.82, 2.24) is 9.55 Å². The number of thiophene rings is 1. The molecule has 0 amide bonds. The second-order valence-electron chi connectivity index (χ2n) is 5.95. The zero-order valence-electron chi connectivity index (χ0n) is 13.6. The zero-order chi connectivity index (χ0) is 17.4. The molecule has 0 atom stereocenters. The quantitative estimate of drug-likeness (QED) is 0.540. The van der Waals surface area contributed by atoms with Crippen LogP contribution in [0.15, 0.2) is 65.0 Å². The topological polar surface area (TPSA) is 34.9 Å². The Hall–Kier alpha value is -2.79. The summed E-state index contributed by atoms with van der Waals surface area (Å²) in [7, 11) is 0. The van der Waals surface area contributed by atoms with Gasteiger partial charge < -0.3 is 0 Å². The number of benzene rings is 2. The maximum atomic E-state index is 13.4. The highest BCUT2D eigenvalue weighted by atomic mass is 32.1. The molecule has 0 unspecified atom stereocenters. The fourth-order valence-corrected chi connectivity index (χ4v) is 3.92. The third-order valence-corrected chi connectivity index (χ3v) is 5.18. The molecule has 25 heavy (non-hydrogen) atoms. The average molecular weight is 350 g/mol. The molecular formula is C20H15FN2OS. The lowest BCUT2D eigenvalue weighted by Gasteiger charge is -2.07. The van der Waals surface area contributed by atoms with Crippen molar-refractivity contribution in [2.24, 2.45) is 0 Å². The second-order valence-corrected chi connectivity index (χ2v) is 6.83. The Morgan fingerprint density at radius 2 is 1.96 bits per heavy atom. The van der Waals surface area contributed by atoms with Gasteiger partial charge in [-0.15, -0.1) is 11.3 Å². The molecule has 0 spiro atoms. The summed E-state index contributed by atoms with van der Waals surface area (Å²) in [5, 5.41) is 1.98. The van der Waals surface area contributed by atoms with Crippen molar-refractivity contribution in [3.8, 4) is 11.1 Å². The number of aryl methyl sites for hydroxylation is 1. The first-order valence-electron chi connectivity index (χ1n) is 7.90. The summed E-state index contributed by atoms with van der Waals surface area (Å²) in [6.45, 7) is 2.35. The Morgan fingerprint density at radius 3 is 2.76 bits per heavy atom. The number of fused-ring (bicyclic) bond motifs is 1. The smallest absolute Gasteiger partial charge is 0.271 e. The monoisotopic (exact) mass is 350 g/mol. The fourth-order valence-electron chi connectivity index (χ4n) is 2.95. The highest BCUT2D eigenvalue weighted by Gasteiger charge is 2.13. The zero-order valence-corrected chi connectivity index (χ0v) is 14.4. The lowest BCUT2D eigenvalue weighted by Crippen LogP contribution is -2.20. The molecule has 0 radical (unpaired) electrons. The van der Waals surface area contributed by atoms with Crippen molar-refractivity contribution < 1.29 is 4.39 Å². The number of hydrogen-bond acceptors (Lipinski definition) is 3. The summed E-state index contributed by atoms with van der Waals surface area (Å²) in [6.07, 6.45) is 1.55. The summed E-state index contributed by atoms with van der Waals surface area (Å²) in [5.41, 5.74) is 4.57. The van der Waals surface area contributed by atoms with Gasteiger partial charge in [-0.25, -0.2) is 9.37 Å². The van der Waals surface area contributed by atoms with E-state index in [1.54, 1.807) is 18.5 Å². The largest absolute Gasteiger partial charge is 0.294 e. The predicted octanol–water partition coefficient (Wildman–Crippen LogP) is 4.62. The summed E-state index contributed by atoms with van der Waals surface area (Å²) in [5.74, 6) is -0.308. The van der Waals surface area contributed by atoms with Crippen molar-refractivity contribution in [2.45, 2.75) is 13.5 Å². The van der Waals surface area contributed by atoms with Gasteiger partial charge in [0.05, 0.1) is 18.4 Å². The van der Waals surface area contributed by atoms with Gasteiger partial charge in [-0.05, 0) is 35.7 Å². The van der Waals surface area contributed by atoms with E-state index in [0.29, 0.717) is 11.2 Å². The van der Waals surface area contributed by atoms with Gasteiger partial charge in [-0.3, -0.25) is 9.36 Å². The van der Waals surface area contributed by atoms with E-state index < -0.39 is 0 Å². The Labute approximate surface area is 148 Å². The molecule has 0 bridgehead atoms. The van der Waals surface area contributed by atoms with E-state index in [1.807, 2.05) is 36.6 Å². The minimum Gasteiger partial charge on any atom is -0.294 e. The minimum atomic E-state index is -0.308. The third-order valence-electron chi connectivity index (χ3n) is 4.22. The van der Waals surface area contributed by atoms with Crippen LogP contribution in [0.3, 0.4) is 0 Å². The molecule has 5 heteroatoms. The van der Waals surface area contributed by atoms with Crippen LogP contribution >= 0.6 is 11.3 Å². The van der Waals surface area contributed by atoms with Crippen molar-refractivity contribution in [2.75, 3.05) is 0 Å². The van der Waals surface area contributed by atoms with Crippen LogP contribution in [0.25, 0.3) is 21.3 Å². The molecule has 0 N–H and O–H groups in total. The second kappa shape index (κ2) is 6.26. The van der Waals surface area contributed by atoms with E-state index in [4.69, 9.17) is 0 Å². The molecule has 2 aromatic carbocycles. The Kier molecular flexibility index (Phi) is 3.93. The van der Waals surface area contributed by atoms with Crippen molar-refractivity contribution in [1.29, 1.82) is 0 Å². The normalized spacial score (nSPS) is 11.1. The predicted molar refractivity (Wildman–Crippen MR) is 99.6 cm³/mol. The van der Waals surface area contributed by atoms with E-state index in [0.717, 1.165) is 27.8 Å². The van der Waals surface area contributed by atoms with Gasteiger partial charge in [0.15, 0.2) is 0 Å². The molecule has 124 valence electrons. The Balaban J connectivity index is 1.80. The first kappa shape index (κ1) is 15.7. The molecule has 4 aromatic rings. The molecular weight excluding hydrogens is 335 g/mol. The van der Waals surface area contributed by atoms with Crippen LogP contribution in [0.4, 0.5) is 4.39 Å². The number of aromatic nitrogens is 2. The van der Waals surface area contributed by atoms with E-state index in [-0.39, 0.29) is 11.4 Å². The van der Waals surface area contributed by atoms with Crippen LogP contribution in [-0.2, 0) is 6.54 Å². The van der Waals surface area contributed by atoms with Gasteiger partial charge in [0.25, 0.3) is 5.56 Å². The molecule has 0 saturated heterocycles. The van der Waals surface area contributed by atoms with Crippen LogP contribution in [0.2, 0.25) is 0 Å². The molecule has 0 aliphatic carbocycles. The summed E-state index contributed by atoms with van der Waals surface area (Å²) < 4.78 is 15.5. The molecule has 0 aliphatic heterocycles. The first-order chi connectivity index (χ1) is 12.1. The first-order valence-corrected chi connectivity index (χ1v) is 8.78. The number of halogens is 1. The standard InChI is InChI=1S/C20H15FN2OS/c1-13-5-2-3-8-16(13)17-11-25-19-18(17)22-12-23(20(19)24)10-14-6-4-7-15(21)9-14/h2-9,11-12H,10H2,1H3. The lowest BCUT2D eigenvalue weighted by molar-refractivity contribution is 0.622. The van der Waals surface area contributed by atoms with Crippen LogP contribution in [0.5, 0.6) is 0 Å². The molecule has 2 heterocycles. The van der Waals surface area contributed by atoms with E-state index in [2.05, 4.69) is 4.98 Å². The number of nitrogens with zero attached hydrogens (tertiary/aromatic N) is 2. The van der Waals surface area contributed by atoms with Gasteiger partial charge in [-0.2, -0.15) is 0 Å². The van der Waals surface area contributed by atoms with Crippen molar-refractivity contribution in [3.63, 3.8) is 0 Å². The van der Waals surface area contributed by atoms with Crippen molar-refractivity contribution >= 4 is 21.6 Å². The lowest BCUT2D eigenvalue weighted by atomic mass is 10.0. The fraction of sp³-hybridized carbons (Fsp3) is 0.100. The van der Waals surface area contributed by atoms with Gasteiger partial charge >= 0.3 is 0 Å². The van der Waals surface area contributed by atoms with E-state index in [9.17, 15) is 9.18 Å². The molecule has 0 fully saturated rings. The highest BCUT2D eigenvalue weighted by molar-refractivity contribution is 7.17. The SMILES string of the molecule is Cc1ccccc1-c1csc2c(=O)n(Cc3cccc(F)c3)cnc12. The molecule has 2 aromatic heterocycles. The van der Waals surface area contributed by atoms with Crippen LogP contribution < -0.4 is 5.56 Å². The van der Waals surface area contributed by atoms with Crippen LogP contribution in [-0.4, -0.2) is 9.55 Å². The van der Waals surface area contributed by atoms with Crippen molar-refractivity contribution in [3.05, 3.63) is 87.5 Å². The number of hydrogen-bond donors (Lipinski definition) is 0. The summed E-state index contributed by atoms with van der Waals surface area (Å²) in [4.78, 5) is 17.3. The Bertz CT molecular complexity index is 1130. The van der Waals surface area contributed by atoms with Gasteiger partial charge in [0.2, 0.25) is 0 Å². The number of rotatable bonds is 3.